The first-order valence-electron chi connectivity index (χ1n) is 3.52. The highest BCUT2D eigenvalue weighted by atomic mass is 32.1. The number of hydrogen-bond donors (Lipinski definition) is 0. The molecule has 0 atom stereocenters. The zero-order valence-corrected chi connectivity index (χ0v) is 7.32. The summed E-state index contributed by atoms with van der Waals surface area (Å²) in [6.45, 7) is 0. The predicted molar refractivity (Wildman–Crippen MR) is 48.3 cm³/mol. The second-order valence-electron chi connectivity index (χ2n) is 2.44. The van der Waals surface area contributed by atoms with Gasteiger partial charge in [0.25, 0.3) is 0 Å². The number of benzene rings is 1. The Bertz CT molecular complexity index is 408. The number of hydrogen-bond acceptors (Lipinski definition) is 2. The lowest BCUT2D eigenvalue weighted by Gasteiger charge is -1.99. The molecule has 0 radical (unpaired) electrons. The molecule has 0 bridgehead atoms. The fraction of sp³-hybridized carbons (Fsp3) is 0.111. The summed E-state index contributed by atoms with van der Waals surface area (Å²) < 4.78 is 19.1. The summed E-state index contributed by atoms with van der Waals surface area (Å²) in [6.07, 6.45) is 0. The first-order chi connectivity index (χ1) is 5.81. The summed E-state index contributed by atoms with van der Waals surface area (Å²) in [6, 6.07) is 5.01. The van der Waals surface area contributed by atoms with Gasteiger partial charge in [-0.15, -0.1) is 11.3 Å². The topological polar surface area (TPSA) is 9.23 Å². The second-order valence-corrected chi connectivity index (χ2v) is 3.39. The number of ether oxygens (including phenoxy) is 1. The zero-order valence-electron chi connectivity index (χ0n) is 6.50. The van der Waals surface area contributed by atoms with Crippen LogP contribution in [0, 0.1) is 5.82 Å². The molecule has 2 aromatic rings. The lowest BCUT2D eigenvalue weighted by molar-refractivity contribution is 0.412. The minimum absolute atomic E-state index is 0.217. The molecule has 3 heteroatoms. The van der Waals surface area contributed by atoms with Gasteiger partial charge in [0.05, 0.1) is 7.11 Å². The Kier molecular flexibility index (Phi) is 1.73. The lowest BCUT2D eigenvalue weighted by atomic mass is 10.2. The average molecular weight is 182 g/mol. The molecule has 0 N–H and O–H groups in total. The van der Waals surface area contributed by atoms with Crippen LogP contribution >= 0.6 is 11.3 Å². The Morgan fingerprint density at radius 3 is 3.00 bits per heavy atom. The highest BCUT2D eigenvalue weighted by Crippen LogP contribution is 2.28. The largest absolute Gasteiger partial charge is 0.497 e. The quantitative estimate of drug-likeness (QED) is 0.658. The fourth-order valence-electron chi connectivity index (χ4n) is 1.12. The van der Waals surface area contributed by atoms with E-state index in [-0.39, 0.29) is 5.82 Å². The predicted octanol–water partition coefficient (Wildman–Crippen LogP) is 3.05. The van der Waals surface area contributed by atoms with Crippen molar-refractivity contribution in [3.05, 3.63) is 29.4 Å². The maximum Gasteiger partial charge on any atom is 0.135 e. The van der Waals surface area contributed by atoms with E-state index in [1.54, 1.807) is 6.07 Å². The number of rotatable bonds is 1. The van der Waals surface area contributed by atoms with Gasteiger partial charge in [-0.2, -0.15) is 0 Å². The third-order valence-corrected chi connectivity index (χ3v) is 2.59. The normalized spacial score (nSPS) is 10.5. The van der Waals surface area contributed by atoms with Gasteiger partial charge in [0, 0.05) is 16.2 Å². The van der Waals surface area contributed by atoms with Crippen LogP contribution < -0.4 is 4.74 Å². The molecule has 0 aliphatic heterocycles. The summed E-state index contributed by atoms with van der Waals surface area (Å²) in [5.41, 5.74) is 0. The Morgan fingerprint density at radius 1 is 1.42 bits per heavy atom. The van der Waals surface area contributed by atoms with E-state index in [1.165, 1.54) is 24.5 Å². The van der Waals surface area contributed by atoms with Crippen molar-refractivity contribution in [2.24, 2.45) is 0 Å². The van der Waals surface area contributed by atoms with Crippen molar-refractivity contribution >= 4 is 21.4 Å². The van der Waals surface area contributed by atoms with Gasteiger partial charge in [0.2, 0.25) is 0 Å². The van der Waals surface area contributed by atoms with Crippen molar-refractivity contribution < 1.29 is 9.13 Å². The van der Waals surface area contributed by atoms with E-state index in [0.29, 0.717) is 11.1 Å². The Labute approximate surface area is 73.4 Å². The SMILES string of the molecule is COc1cc(F)c2ccsc2c1. The van der Waals surface area contributed by atoms with Gasteiger partial charge in [-0.1, -0.05) is 0 Å². The maximum atomic E-state index is 13.2. The van der Waals surface area contributed by atoms with Crippen molar-refractivity contribution in [2.45, 2.75) is 0 Å². The molecule has 0 saturated carbocycles. The van der Waals surface area contributed by atoms with E-state index in [1.807, 2.05) is 11.4 Å². The summed E-state index contributed by atoms with van der Waals surface area (Å²) in [5.74, 6) is 0.355. The summed E-state index contributed by atoms with van der Waals surface area (Å²) in [5, 5.41) is 2.54. The van der Waals surface area contributed by atoms with E-state index in [9.17, 15) is 4.39 Å². The van der Waals surface area contributed by atoms with E-state index in [2.05, 4.69) is 0 Å². The van der Waals surface area contributed by atoms with Gasteiger partial charge >= 0.3 is 0 Å². The van der Waals surface area contributed by atoms with Crippen LogP contribution in [-0.4, -0.2) is 7.11 Å². The van der Waals surface area contributed by atoms with E-state index in [0.717, 1.165) is 4.70 Å². The van der Waals surface area contributed by atoms with Crippen LogP contribution in [0.2, 0.25) is 0 Å². The molecule has 0 aliphatic rings. The molecule has 1 nitrogen and oxygen atoms in total. The minimum atomic E-state index is -0.217. The van der Waals surface area contributed by atoms with E-state index < -0.39 is 0 Å². The highest BCUT2D eigenvalue weighted by molar-refractivity contribution is 7.17. The number of fused-ring (bicyclic) bond motifs is 1. The molecule has 62 valence electrons. The third-order valence-electron chi connectivity index (χ3n) is 1.73. The number of methoxy groups -OCH3 is 1. The van der Waals surface area contributed by atoms with Crippen molar-refractivity contribution in [3.8, 4) is 5.75 Å². The van der Waals surface area contributed by atoms with Crippen LogP contribution in [0.4, 0.5) is 4.39 Å². The summed E-state index contributed by atoms with van der Waals surface area (Å²) in [4.78, 5) is 0. The molecular formula is C9H7FOS. The second kappa shape index (κ2) is 2.75. The standard InChI is InChI=1S/C9H7FOS/c1-11-6-4-8(10)7-2-3-12-9(7)5-6/h2-5H,1H3. The first kappa shape index (κ1) is 7.55. The zero-order chi connectivity index (χ0) is 8.55. The molecule has 0 saturated heterocycles. The fourth-order valence-corrected chi connectivity index (χ4v) is 1.95. The van der Waals surface area contributed by atoms with Crippen molar-refractivity contribution in [1.82, 2.24) is 0 Å². The molecule has 12 heavy (non-hydrogen) atoms. The van der Waals surface area contributed by atoms with E-state index in [4.69, 9.17) is 4.74 Å². The number of thiophene rings is 1. The molecule has 2 rings (SSSR count). The molecule has 0 amide bonds. The highest BCUT2D eigenvalue weighted by Gasteiger charge is 2.03. The van der Waals surface area contributed by atoms with Gasteiger partial charge in [0.15, 0.2) is 0 Å². The lowest BCUT2D eigenvalue weighted by Crippen LogP contribution is -1.83. The first-order valence-corrected chi connectivity index (χ1v) is 4.40. The van der Waals surface area contributed by atoms with Gasteiger partial charge in [-0.25, -0.2) is 4.39 Å². The van der Waals surface area contributed by atoms with Crippen LogP contribution in [0.1, 0.15) is 0 Å². The van der Waals surface area contributed by atoms with Crippen LogP contribution in [0.3, 0.4) is 0 Å². The smallest absolute Gasteiger partial charge is 0.135 e. The van der Waals surface area contributed by atoms with Crippen molar-refractivity contribution in [2.75, 3.05) is 7.11 Å². The third kappa shape index (κ3) is 1.06. The van der Waals surface area contributed by atoms with Gasteiger partial charge in [0.1, 0.15) is 11.6 Å². The molecule has 0 aliphatic carbocycles. The molecule has 1 aromatic heterocycles. The Balaban J connectivity index is 2.75. The Morgan fingerprint density at radius 2 is 2.25 bits per heavy atom. The average Bonchev–Trinajstić information content (AvgIpc) is 2.52. The minimum Gasteiger partial charge on any atom is -0.497 e. The molecule has 0 fully saturated rings. The van der Waals surface area contributed by atoms with Gasteiger partial charge in [-0.05, 0) is 17.5 Å². The molecule has 0 unspecified atom stereocenters. The van der Waals surface area contributed by atoms with Crippen LogP contribution in [0.15, 0.2) is 23.6 Å². The summed E-state index contributed by atoms with van der Waals surface area (Å²) >= 11 is 1.51. The molecular weight excluding hydrogens is 175 g/mol. The van der Waals surface area contributed by atoms with Crippen molar-refractivity contribution in [1.29, 1.82) is 0 Å². The van der Waals surface area contributed by atoms with Crippen LogP contribution in [-0.2, 0) is 0 Å². The van der Waals surface area contributed by atoms with Gasteiger partial charge in [-0.3, -0.25) is 0 Å². The van der Waals surface area contributed by atoms with Gasteiger partial charge < -0.3 is 4.74 Å². The molecule has 1 heterocycles. The van der Waals surface area contributed by atoms with Crippen LogP contribution in [0.5, 0.6) is 5.75 Å². The number of halogens is 1. The maximum absolute atomic E-state index is 13.2. The van der Waals surface area contributed by atoms with Crippen molar-refractivity contribution in [3.63, 3.8) is 0 Å². The monoisotopic (exact) mass is 182 g/mol. The Hall–Kier alpha value is -1.09. The van der Waals surface area contributed by atoms with Crippen LogP contribution in [0.25, 0.3) is 10.1 Å². The van der Waals surface area contributed by atoms with E-state index >= 15 is 0 Å². The summed E-state index contributed by atoms with van der Waals surface area (Å²) in [7, 11) is 1.54. The molecule has 1 aromatic carbocycles. The molecule has 0 spiro atoms.